The van der Waals surface area contributed by atoms with Crippen molar-refractivity contribution in [2.24, 2.45) is 4.99 Å². The summed E-state index contributed by atoms with van der Waals surface area (Å²) in [6, 6.07) is 21.1. The van der Waals surface area contributed by atoms with E-state index in [2.05, 4.69) is 5.32 Å². The maximum absolute atomic E-state index is 15.3. The molecular formula is C32H28ClF2N3O2. The second kappa shape index (κ2) is 11.2. The molecule has 1 N–H and O–H groups in total. The molecule has 0 spiro atoms. The molecule has 1 unspecified atom stereocenters. The number of carbonyl (C=O) groups excluding carboxylic acids is 1. The van der Waals surface area contributed by atoms with E-state index in [-0.39, 0.29) is 28.0 Å². The van der Waals surface area contributed by atoms with Crippen molar-refractivity contribution in [2.75, 3.05) is 5.32 Å². The fraction of sp³-hybridized carbons (Fsp3) is 0.219. The first-order valence-electron chi connectivity index (χ1n) is 12.9. The van der Waals surface area contributed by atoms with Crippen molar-refractivity contribution in [1.29, 1.82) is 0 Å². The normalized spacial score (nSPS) is 13.4. The lowest BCUT2D eigenvalue weighted by Crippen LogP contribution is -2.27. The number of nitrogens with one attached hydrogen (secondary N) is 1. The van der Waals surface area contributed by atoms with Crippen molar-refractivity contribution in [3.63, 3.8) is 0 Å². The molecule has 4 aromatic rings. The van der Waals surface area contributed by atoms with Crippen LogP contribution in [0.2, 0.25) is 5.02 Å². The summed E-state index contributed by atoms with van der Waals surface area (Å²) < 4.78 is 34.5. The van der Waals surface area contributed by atoms with Gasteiger partial charge in [0.1, 0.15) is 11.4 Å². The van der Waals surface area contributed by atoms with Gasteiger partial charge in [-0.1, -0.05) is 54.1 Å². The highest BCUT2D eigenvalue weighted by Crippen LogP contribution is 2.37. The maximum Gasteiger partial charge on any atom is 0.412 e. The first-order valence-corrected chi connectivity index (χ1v) is 13.3. The Bertz CT molecular complexity index is 1580. The van der Waals surface area contributed by atoms with E-state index < -0.39 is 17.5 Å². The Labute approximate surface area is 236 Å². The predicted molar refractivity (Wildman–Crippen MR) is 155 cm³/mol. The van der Waals surface area contributed by atoms with Crippen molar-refractivity contribution >= 4 is 34.8 Å². The fourth-order valence-electron chi connectivity index (χ4n) is 4.73. The fourth-order valence-corrected chi connectivity index (χ4v) is 4.89. The molecule has 204 valence electrons. The minimum Gasteiger partial charge on any atom is -0.444 e. The Balaban J connectivity index is 1.49. The summed E-state index contributed by atoms with van der Waals surface area (Å²) in [6.07, 6.45) is 2.08. The Morgan fingerprint density at radius 2 is 1.82 bits per heavy atom. The molecule has 0 bridgehead atoms. The summed E-state index contributed by atoms with van der Waals surface area (Å²) >= 11 is 6.11. The van der Waals surface area contributed by atoms with Gasteiger partial charge in [-0.25, -0.2) is 13.6 Å². The number of amides is 1. The third kappa shape index (κ3) is 6.20. The third-order valence-electron chi connectivity index (χ3n) is 6.53. The molecule has 1 aliphatic heterocycles. The monoisotopic (exact) mass is 559 g/mol. The number of halogens is 3. The van der Waals surface area contributed by atoms with Crippen LogP contribution in [0, 0.1) is 11.6 Å². The summed E-state index contributed by atoms with van der Waals surface area (Å²) in [5.74, 6) is -1.19. The van der Waals surface area contributed by atoms with E-state index in [1.807, 2.05) is 36.4 Å². The Morgan fingerprint density at radius 3 is 2.52 bits per heavy atom. The zero-order valence-corrected chi connectivity index (χ0v) is 23.1. The number of aliphatic imine (C=N–C) groups is 1. The van der Waals surface area contributed by atoms with E-state index in [0.717, 1.165) is 22.5 Å². The molecular weight excluding hydrogens is 532 g/mol. The topological polar surface area (TPSA) is 63.6 Å². The van der Waals surface area contributed by atoms with Gasteiger partial charge in [-0.2, -0.15) is 0 Å². The van der Waals surface area contributed by atoms with Gasteiger partial charge in [0.2, 0.25) is 0 Å². The van der Waals surface area contributed by atoms with Crippen molar-refractivity contribution in [1.82, 2.24) is 4.98 Å². The van der Waals surface area contributed by atoms with Crippen molar-refractivity contribution in [3.05, 3.63) is 112 Å². The minimum atomic E-state index is -0.722. The Morgan fingerprint density at radius 1 is 1.05 bits per heavy atom. The average molecular weight is 560 g/mol. The van der Waals surface area contributed by atoms with Gasteiger partial charge in [0.25, 0.3) is 0 Å². The number of ether oxygens (including phenoxy) is 1. The molecule has 40 heavy (non-hydrogen) atoms. The number of rotatable bonds is 6. The van der Waals surface area contributed by atoms with E-state index in [9.17, 15) is 9.18 Å². The lowest BCUT2D eigenvalue weighted by atomic mass is 9.88. The summed E-state index contributed by atoms with van der Waals surface area (Å²) in [5, 5.41) is 2.54. The quantitative estimate of drug-likeness (QED) is 0.257. The highest BCUT2D eigenvalue weighted by Gasteiger charge is 2.27. The Hall–Kier alpha value is -4.10. The van der Waals surface area contributed by atoms with Crippen LogP contribution in [0.1, 0.15) is 43.5 Å². The lowest BCUT2D eigenvalue weighted by molar-refractivity contribution is 0.0636. The third-order valence-corrected chi connectivity index (χ3v) is 6.82. The summed E-state index contributed by atoms with van der Waals surface area (Å²) in [7, 11) is 0. The molecule has 0 saturated heterocycles. The summed E-state index contributed by atoms with van der Waals surface area (Å²) in [4.78, 5) is 21.9. The molecule has 3 aromatic carbocycles. The molecule has 1 atom stereocenters. The molecule has 8 heteroatoms. The summed E-state index contributed by atoms with van der Waals surface area (Å²) in [6.45, 7) is 5.23. The van der Waals surface area contributed by atoms with E-state index in [4.69, 9.17) is 26.3 Å². The number of nitrogens with zero attached hydrogens (tertiary/aromatic N) is 2. The number of pyridine rings is 1. The van der Waals surface area contributed by atoms with Crippen LogP contribution >= 0.6 is 11.6 Å². The number of fused-ring (bicyclic) bond motifs is 1. The van der Waals surface area contributed by atoms with E-state index >= 15 is 4.39 Å². The molecule has 0 radical (unpaired) electrons. The van der Waals surface area contributed by atoms with E-state index in [1.165, 1.54) is 24.3 Å². The molecule has 0 aliphatic carbocycles. The number of anilines is 1. The highest BCUT2D eigenvalue weighted by atomic mass is 35.5. The van der Waals surface area contributed by atoms with Gasteiger partial charge in [0.15, 0.2) is 5.82 Å². The molecule has 2 heterocycles. The highest BCUT2D eigenvalue weighted by molar-refractivity contribution is 6.31. The van der Waals surface area contributed by atoms with Gasteiger partial charge in [-0.3, -0.25) is 15.3 Å². The smallest absolute Gasteiger partial charge is 0.412 e. The van der Waals surface area contributed by atoms with Crippen LogP contribution in [0.3, 0.4) is 0 Å². The second-order valence-electron chi connectivity index (χ2n) is 10.7. The number of aromatic nitrogens is 1. The van der Waals surface area contributed by atoms with Gasteiger partial charge < -0.3 is 4.74 Å². The van der Waals surface area contributed by atoms with Crippen LogP contribution in [0.5, 0.6) is 0 Å². The van der Waals surface area contributed by atoms with Crippen molar-refractivity contribution < 1.29 is 18.3 Å². The molecule has 1 aliphatic rings. The van der Waals surface area contributed by atoms with Gasteiger partial charge in [-0.05, 0) is 68.7 Å². The molecule has 1 aromatic heterocycles. The van der Waals surface area contributed by atoms with Crippen LogP contribution in [0.15, 0.2) is 84.0 Å². The second-order valence-corrected chi connectivity index (χ2v) is 11.1. The van der Waals surface area contributed by atoms with Crippen molar-refractivity contribution in [3.8, 4) is 11.1 Å². The Kier molecular flexibility index (Phi) is 7.68. The molecule has 5 nitrogen and oxygen atoms in total. The van der Waals surface area contributed by atoms with Crippen LogP contribution in [0.4, 0.5) is 25.0 Å². The molecule has 1 amide bonds. The van der Waals surface area contributed by atoms with Crippen LogP contribution in [-0.4, -0.2) is 22.4 Å². The van der Waals surface area contributed by atoms with Crippen LogP contribution < -0.4 is 5.32 Å². The van der Waals surface area contributed by atoms with Gasteiger partial charge >= 0.3 is 6.09 Å². The van der Waals surface area contributed by atoms with E-state index in [1.54, 1.807) is 39.1 Å². The number of benzene rings is 3. The number of hydrogen-bond donors (Lipinski definition) is 1. The zero-order chi connectivity index (χ0) is 28.4. The van der Waals surface area contributed by atoms with Gasteiger partial charge in [0.05, 0.1) is 16.4 Å². The van der Waals surface area contributed by atoms with E-state index in [0.29, 0.717) is 24.1 Å². The maximum atomic E-state index is 15.3. The lowest BCUT2D eigenvalue weighted by Gasteiger charge is -2.21. The zero-order valence-electron chi connectivity index (χ0n) is 22.3. The predicted octanol–water partition coefficient (Wildman–Crippen LogP) is 8.68. The molecule has 0 saturated carbocycles. The minimum absolute atomic E-state index is 0.0823. The first kappa shape index (κ1) is 27.5. The molecule has 0 fully saturated rings. The standard InChI is InChI=1S/C32H28ClF2N3O2/c1-32(2,3)40-31(39)38-26-14-12-24(33)30(35)29(26)21-10-13-25(36-18-21)23(15-19-7-5-4-6-8-19)28-16-20-9-11-22(34)17-27(20)37-28/h4-14,17-18,23H,15-16H2,1-3H3,(H,38,39). The number of carbonyl (C=O) groups is 1. The summed E-state index contributed by atoms with van der Waals surface area (Å²) in [5.41, 5.74) is 4.35. The molecule has 5 rings (SSSR count). The van der Waals surface area contributed by atoms with Crippen LogP contribution in [0.25, 0.3) is 11.1 Å². The number of hydrogen-bond acceptors (Lipinski definition) is 4. The van der Waals surface area contributed by atoms with Gasteiger partial charge in [-0.15, -0.1) is 0 Å². The first-order chi connectivity index (χ1) is 19.1. The van der Waals surface area contributed by atoms with Crippen LogP contribution in [-0.2, 0) is 17.6 Å². The average Bonchev–Trinajstić information content (AvgIpc) is 3.32. The SMILES string of the molecule is CC(C)(C)OC(=O)Nc1ccc(Cl)c(F)c1-c1ccc(C(Cc2ccccc2)C2=Nc3cc(F)ccc3C2)nc1. The van der Waals surface area contributed by atoms with Crippen molar-refractivity contribution in [2.45, 2.75) is 45.1 Å². The largest absolute Gasteiger partial charge is 0.444 e. The van der Waals surface area contributed by atoms with Gasteiger partial charge in [0, 0.05) is 41.1 Å².